The van der Waals surface area contributed by atoms with Gasteiger partial charge in [-0.15, -0.1) is 23.1 Å². The zero-order valence-electron chi connectivity index (χ0n) is 17.1. The van der Waals surface area contributed by atoms with Crippen molar-refractivity contribution >= 4 is 81.5 Å². The van der Waals surface area contributed by atoms with Crippen LogP contribution in [0.1, 0.15) is 12.1 Å². The normalized spacial score (nSPS) is 22.6. The molecule has 0 radical (unpaired) electrons. The number of carboxylic acids is 2. The summed E-state index contributed by atoms with van der Waals surface area (Å²) >= 11 is 4.95. The van der Waals surface area contributed by atoms with Crippen molar-refractivity contribution in [3.8, 4) is 0 Å². The van der Waals surface area contributed by atoms with Gasteiger partial charge in [0, 0.05) is 22.7 Å². The van der Waals surface area contributed by atoms with Crippen LogP contribution in [0.2, 0.25) is 0 Å². The number of carbonyl (C=O) groups is 4. The van der Waals surface area contributed by atoms with Gasteiger partial charge < -0.3 is 21.3 Å². The van der Waals surface area contributed by atoms with Crippen LogP contribution < -0.4 is 15.9 Å². The Morgan fingerprint density at radius 3 is 2.82 bits per heavy atom. The highest BCUT2D eigenvalue weighted by Gasteiger charge is 2.56. The second-order valence-electron chi connectivity index (χ2n) is 6.96. The number of nitrogens with one attached hydrogen (secondary N) is 2. The summed E-state index contributed by atoms with van der Waals surface area (Å²) in [6.45, 7) is 0. The largest absolute Gasteiger partial charge is 0.481 e. The molecule has 0 saturated carbocycles. The summed E-state index contributed by atoms with van der Waals surface area (Å²) in [5, 5.41) is 23.6. The quantitative estimate of drug-likeness (QED) is 0.130. The van der Waals surface area contributed by atoms with E-state index in [0.29, 0.717) is 5.75 Å². The molecule has 4 heterocycles. The van der Waals surface area contributed by atoms with Gasteiger partial charge in [-0.2, -0.15) is 4.83 Å². The van der Waals surface area contributed by atoms with Crippen molar-refractivity contribution in [3.63, 3.8) is 0 Å². The molecular formula is C18H18N6O6S4. The lowest BCUT2D eigenvalue weighted by Gasteiger charge is -2.50. The Kier molecular flexibility index (Phi) is 7.42. The van der Waals surface area contributed by atoms with Crippen LogP contribution in [-0.2, 0) is 19.2 Å². The summed E-state index contributed by atoms with van der Waals surface area (Å²) in [7, 11) is 0. The molecule has 0 aromatic carbocycles. The fourth-order valence-corrected chi connectivity index (χ4v) is 7.07. The molecule has 0 bridgehead atoms. The van der Waals surface area contributed by atoms with E-state index in [-0.39, 0.29) is 22.1 Å². The molecule has 1 aromatic heterocycles. The van der Waals surface area contributed by atoms with E-state index in [0.717, 1.165) is 23.3 Å². The molecule has 3 aliphatic heterocycles. The lowest BCUT2D eigenvalue weighted by Crippen LogP contribution is -2.66. The van der Waals surface area contributed by atoms with Gasteiger partial charge in [-0.1, -0.05) is 6.08 Å². The van der Waals surface area contributed by atoms with Crippen LogP contribution in [0.25, 0.3) is 5.57 Å². The van der Waals surface area contributed by atoms with E-state index in [9.17, 15) is 24.3 Å². The number of hydrogen-bond acceptors (Lipinski definition) is 12. The summed E-state index contributed by atoms with van der Waals surface area (Å²) in [5.41, 5.74) is 5.86. The minimum atomic E-state index is -1.19. The Morgan fingerprint density at radius 1 is 1.41 bits per heavy atom. The first kappa shape index (κ1) is 24.5. The molecule has 34 heavy (non-hydrogen) atoms. The van der Waals surface area contributed by atoms with Gasteiger partial charge in [-0.3, -0.25) is 19.3 Å². The maximum atomic E-state index is 13.3. The van der Waals surface area contributed by atoms with Crippen LogP contribution in [0, 0.1) is 5.92 Å². The number of nitrogens with zero attached hydrogens (tertiary/aromatic N) is 3. The minimum absolute atomic E-state index is 0.0197. The highest BCUT2D eigenvalue weighted by Crippen LogP contribution is 2.45. The minimum Gasteiger partial charge on any atom is -0.481 e. The predicted molar refractivity (Wildman–Crippen MR) is 130 cm³/mol. The number of fused-ring (bicyclic) bond motifs is 1. The maximum Gasteiger partial charge on any atom is 0.352 e. The number of anilines is 1. The van der Waals surface area contributed by atoms with E-state index in [2.05, 4.69) is 15.1 Å². The topological polar surface area (TPSA) is 178 Å². The van der Waals surface area contributed by atoms with Gasteiger partial charge >= 0.3 is 11.9 Å². The molecule has 6 N–H and O–H groups in total. The number of thiazole rings is 1. The zero-order valence-corrected chi connectivity index (χ0v) is 20.4. The third kappa shape index (κ3) is 5.05. The van der Waals surface area contributed by atoms with E-state index >= 15 is 0 Å². The maximum absolute atomic E-state index is 13.3. The molecule has 1 aromatic rings. The van der Waals surface area contributed by atoms with Crippen LogP contribution >= 0.6 is 47.0 Å². The number of carbonyl (C=O) groups excluding carboxylic acids is 2. The van der Waals surface area contributed by atoms with Crippen molar-refractivity contribution in [1.82, 2.24) is 24.4 Å². The second-order valence-corrected chi connectivity index (χ2v) is 10.8. The van der Waals surface area contributed by atoms with Gasteiger partial charge in [0.2, 0.25) is 5.91 Å². The number of hydrazine groups is 1. The van der Waals surface area contributed by atoms with Crippen molar-refractivity contribution in [3.05, 3.63) is 40.5 Å². The Hall–Kier alpha value is -2.66. The monoisotopic (exact) mass is 542 g/mol. The van der Waals surface area contributed by atoms with Gasteiger partial charge in [0.15, 0.2) is 5.13 Å². The number of hydrogen-bond donors (Lipinski definition) is 5. The van der Waals surface area contributed by atoms with Crippen molar-refractivity contribution in [1.29, 1.82) is 0 Å². The number of thioether (sulfide) groups is 1. The van der Waals surface area contributed by atoms with Gasteiger partial charge in [0.1, 0.15) is 17.0 Å². The highest BCUT2D eigenvalue weighted by atomic mass is 32.2. The van der Waals surface area contributed by atoms with E-state index in [1.165, 1.54) is 40.8 Å². The fourth-order valence-electron chi connectivity index (χ4n) is 3.39. The van der Waals surface area contributed by atoms with Crippen molar-refractivity contribution in [2.24, 2.45) is 5.92 Å². The van der Waals surface area contributed by atoms with Crippen molar-refractivity contribution < 1.29 is 29.4 Å². The average Bonchev–Trinajstić information content (AvgIpc) is 3.44. The Bertz CT molecular complexity index is 1120. The molecule has 0 spiro atoms. The SMILES string of the molecule is Nc1nc(C(=CCC(=O)O)C(=O)NC(SN2C=CSN2)[C@H]2C(=O)N3C(C(=O)O)=CCS[C@@H]23)cs1. The lowest BCUT2D eigenvalue weighted by molar-refractivity contribution is -0.152. The highest BCUT2D eigenvalue weighted by molar-refractivity contribution is 8.03. The number of rotatable bonds is 9. The van der Waals surface area contributed by atoms with Gasteiger partial charge in [-0.25, -0.2) is 14.2 Å². The first-order valence-electron chi connectivity index (χ1n) is 9.62. The van der Waals surface area contributed by atoms with Gasteiger partial charge in [0.25, 0.3) is 5.91 Å². The number of amides is 2. The molecule has 2 amide bonds. The summed E-state index contributed by atoms with van der Waals surface area (Å²) in [6.07, 6.45) is 4.03. The van der Waals surface area contributed by atoms with E-state index in [1.807, 2.05) is 0 Å². The number of carboxylic acid groups (broad SMARTS) is 2. The zero-order chi connectivity index (χ0) is 24.4. The standard InChI is InChI=1S/C18H18N6O6S4/c19-18-20-9(7-32-18)8(1-2-11(25)26)13(27)21-14(34-23-4-6-33-22-23)12-15(28)24-10(17(29)30)3-5-31-16(12)24/h1,3-4,6-7,12,14,16,22H,2,5H2,(H2,19,20)(H,21,27)(H,25,26)(H,29,30)/t12-,14?,16-/m0/s1. The molecule has 180 valence electrons. The van der Waals surface area contributed by atoms with Crippen molar-refractivity contribution in [2.75, 3.05) is 11.5 Å². The number of nitrogens with two attached hydrogens (primary N) is 1. The Morgan fingerprint density at radius 2 is 2.21 bits per heavy atom. The van der Waals surface area contributed by atoms with Crippen LogP contribution in [-0.4, -0.2) is 64.8 Å². The van der Waals surface area contributed by atoms with Crippen LogP contribution in [0.15, 0.2) is 34.8 Å². The molecule has 4 rings (SSSR count). The van der Waals surface area contributed by atoms with E-state index < -0.39 is 46.8 Å². The molecule has 12 nitrogen and oxygen atoms in total. The third-order valence-electron chi connectivity index (χ3n) is 4.86. The molecule has 1 fully saturated rings. The van der Waals surface area contributed by atoms with Crippen molar-refractivity contribution in [2.45, 2.75) is 17.2 Å². The summed E-state index contributed by atoms with van der Waals surface area (Å²) in [4.78, 5) is 57.3. The smallest absolute Gasteiger partial charge is 0.352 e. The van der Waals surface area contributed by atoms with E-state index in [1.54, 1.807) is 21.4 Å². The molecular weight excluding hydrogens is 525 g/mol. The van der Waals surface area contributed by atoms with Crippen LogP contribution in [0.5, 0.6) is 0 Å². The molecule has 0 aliphatic carbocycles. The fraction of sp³-hybridized carbons (Fsp3) is 0.278. The molecule has 1 unspecified atom stereocenters. The average molecular weight is 543 g/mol. The Balaban J connectivity index is 1.59. The molecule has 1 saturated heterocycles. The van der Waals surface area contributed by atoms with E-state index in [4.69, 9.17) is 10.8 Å². The summed E-state index contributed by atoms with van der Waals surface area (Å²) in [5.74, 6) is -3.67. The first-order valence-corrected chi connectivity index (χ1v) is 13.3. The number of aromatic nitrogens is 1. The number of nitrogen functional groups attached to an aromatic ring is 1. The third-order valence-corrected chi connectivity index (χ3v) is 8.50. The molecule has 3 aliphatic rings. The number of aliphatic carboxylic acids is 2. The second kappa shape index (κ2) is 10.3. The van der Waals surface area contributed by atoms with Crippen LogP contribution in [0.3, 0.4) is 0 Å². The van der Waals surface area contributed by atoms with Gasteiger partial charge in [0.05, 0.1) is 23.1 Å². The number of β-lactam (4-membered cyclic amide) rings is 1. The van der Waals surface area contributed by atoms with Crippen LogP contribution in [0.4, 0.5) is 5.13 Å². The summed E-state index contributed by atoms with van der Waals surface area (Å²) < 4.78 is 1.62. The molecule has 3 atom stereocenters. The predicted octanol–water partition coefficient (Wildman–Crippen LogP) is 1.11. The lowest BCUT2D eigenvalue weighted by atomic mass is 9.95. The Labute approximate surface area is 209 Å². The molecule has 16 heteroatoms. The first-order chi connectivity index (χ1) is 16.3. The summed E-state index contributed by atoms with van der Waals surface area (Å²) in [6, 6.07) is 0. The van der Waals surface area contributed by atoms with Gasteiger partial charge in [-0.05, 0) is 30.0 Å².